The van der Waals surface area contributed by atoms with E-state index in [0.717, 1.165) is 18.8 Å². The van der Waals surface area contributed by atoms with Crippen molar-refractivity contribution in [2.75, 3.05) is 25.1 Å². The highest BCUT2D eigenvalue weighted by molar-refractivity contribution is 6.29. The van der Waals surface area contributed by atoms with Crippen LogP contribution >= 0.6 is 11.6 Å². The van der Waals surface area contributed by atoms with Crippen LogP contribution in [-0.4, -0.2) is 31.2 Å². The molecule has 0 amide bonds. The zero-order chi connectivity index (χ0) is 13.5. The summed E-state index contributed by atoms with van der Waals surface area (Å²) in [5, 5.41) is 0.411. The molecule has 5 heteroatoms. The number of carbonyl (C=O) groups excluding carboxylic acids is 1. The molecule has 4 nitrogen and oxygen atoms in total. The highest BCUT2D eigenvalue weighted by atomic mass is 35.5. The minimum atomic E-state index is -0.356. The molecule has 0 radical (unpaired) electrons. The van der Waals surface area contributed by atoms with Gasteiger partial charge in [-0.3, -0.25) is 0 Å². The standard InChI is InChI=1S/C14H17ClN2O2/c1-19-13(18)10-9-16-12(15)8-11(10)17-6-4-14(2-3-14)5-7-17/h8-9H,2-7H2,1H3. The number of anilines is 1. The van der Waals surface area contributed by atoms with Gasteiger partial charge < -0.3 is 9.64 Å². The number of carbonyl (C=O) groups is 1. The van der Waals surface area contributed by atoms with Crippen LogP contribution < -0.4 is 4.90 Å². The van der Waals surface area contributed by atoms with E-state index >= 15 is 0 Å². The quantitative estimate of drug-likeness (QED) is 0.617. The Morgan fingerprint density at radius 3 is 2.63 bits per heavy atom. The Bertz CT molecular complexity index is 504. The van der Waals surface area contributed by atoms with Crippen LogP contribution in [0.3, 0.4) is 0 Å². The number of rotatable bonds is 2. The molecule has 1 aromatic rings. The highest BCUT2D eigenvalue weighted by Crippen LogP contribution is 2.54. The smallest absolute Gasteiger partial charge is 0.341 e. The monoisotopic (exact) mass is 280 g/mol. The van der Waals surface area contributed by atoms with Gasteiger partial charge in [0.15, 0.2) is 0 Å². The SMILES string of the molecule is COC(=O)c1cnc(Cl)cc1N1CCC2(CC1)CC2. The molecular formula is C14H17ClN2O2. The van der Waals surface area contributed by atoms with E-state index in [1.807, 2.05) is 0 Å². The van der Waals surface area contributed by atoms with Crippen LogP contribution in [0.25, 0.3) is 0 Å². The number of hydrogen-bond donors (Lipinski definition) is 0. The highest BCUT2D eigenvalue weighted by Gasteiger charge is 2.44. The van der Waals surface area contributed by atoms with Gasteiger partial charge in [-0.2, -0.15) is 0 Å². The average Bonchev–Trinajstić information content (AvgIpc) is 3.18. The fraction of sp³-hybridized carbons (Fsp3) is 0.571. The summed E-state index contributed by atoms with van der Waals surface area (Å²) in [6.07, 6.45) is 6.63. The van der Waals surface area contributed by atoms with Crippen LogP contribution in [0.15, 0.2) is 12.3 Å². The number of methoxy groups -OCH3 is 1. The van der Waals surface area contributed by atoms with E-state index in [9.17, 15) is 4.79 Å². The van der Waals surface area contributed by atoms with Gasteiger partial charge in [0.05, 0.1) is 12.8 Å². The van der Waals surface area contributed by atoms with Crippen molar-refractivity contribution in [3.8, 4) is 0 Å². The van der Waals surface area contributed by atoms with Gasteiger partial charge in [-0.15, -0.1) is 0 Å². The molecule has 102 valence electrons. The third kappa shape index (κ3) is 2.41. The first-order valence-electron chi connectivity index (χ1n) is 6.62. The molecule has 0 bridgehead atoms. The maximum atomic E-state index is 11.8. The normalized spacial score (nSPS) is 20.4. The molecule has 2 heterocycles. The van der Waals surface area contributed by atoms with Crippen molar-refractivity contribution < 1.29 is 9.53 Å². The van der Waals surface area contributed by atoms with Gasteiger partial charge in [0.2, 0.25) is 0 Å². The second-order valence-corrected chi connectivity index (χ2v) is 5.89. The predicted molar refractivity (Wildman–Crippen MR) is 73.7 cm³/mol. The number of esters is 1. The summed E-state index contributed by atoms with van der Waals surface area (Å²) < 4.78 is 4.81. The molecule has 1 aliphatic carbocycles. The lowest BCUT2D eigenvalue weighted by atomic mass is 9.93. The summed E-state index contributed by atoms with van der Waals surface area (Å²) in [5.74, 6) is -0.356. The van der Waals surface area contributed by atoms with Gasteiger partial charge in [-0.1, -0.05) is 11.6 Å². The van der Waals surface area contributed by atoms with E-state index in [1.165, 1.54) is 39.0 Å². The first-order chi connectivity index (χ1) is 9.13. The van der Waals surface area contributed by atoms with Crippen molar-refractivity contribution in [2.24, 2.45) is 5.41 Å². The number of piperidine rings is 1. The largest absolute Gasteiger partial charge is 0.465 e. The van der Waals surface area contributed by atoms with Crippen molar-refractivity contribution in [3.63, 3.8) is 0 Å². The first kappa shape index (κ1) is 12.7. The maximum absolute atomic E-state index is 11.8. The second-order valence-electron chi connectivity index (χ2n) is 5.50. The number of nitrogens with zero attached hydrogens (tertiary/aromatic N) is 2. The average molecular weight is 281 g/mol. The fourth-order valence-electron chi connectivity index (χ4n) is 2.85. The van der Waals surface area contributed by atoms with Crippen LogP contribution in [0, 0.1) is 5.41 Å². The minimum Gasteiger partial charge on any atom is -0.465 e. The van der Waals surface area contributed by atoms with E-state index < -0.39 is 0 Å². The summed E-state index contributed by atoms with van der Waals surface area (Å²) in [6.45, 7) is 1.95. The van der Waals surface area contributed by atoms with Crippen LogP contribution in [0.1, 0.15) is 36.0 Å². The number of halogens is 1. The molecule has 0 atom stereocenters. The molecule has 1 spiro atoms. The molecule has 19 heavy (non-hydrogen) atoms. The summed E-state index contributed by atoms with van der Waals surface area (Å²) in [5.41, 5.74) is 1.96. The molecule has 0 aromatic carbocycles. The molecule has 1 saturated heterocycles. The van der Waals surface area contributed by atoms with E-state index in [0.29, 0.717) is 16.1 Å². The van der Waals surface area contributed by atoms with Gasteiger partial charge in [0.25, 0.3) is 0 Å². The number of ether oxygens (including phenoxy) is 1. The van der Waals surface area contributed by atoms with E-state index in [4.69, 9.17) is 16.3 Å². The van der Waals surface area contributed by atoms with Crippen LogP contribution in [0.5, 0.6) is 0 Å². The Labute approximate surface area is 117 Å². The molecule has 1 aromatic heterocycles. The van der Waals surface area contributed by atoms with E-state index in [2.05, 4.69) is 9.88 Å². The molecule has 0 N–H and O–H groups in total. The van der Waals surface area contributed by atoms with Crippen LogP contribution in [-0.2, 0) is 4.74 Å². The number of pyridine rings is 1. The Balaban J connectivity index is 1.86. The van der Waals surface area contributed by atoms with Gasteiger partial charge in [0, 0.05) is 19.3 Å². The molecule has 0 unspecified atom stereocenters. The molecule has 1 saturated carbocycles. The van der Waals surface area contributed by atoms with Gasteiger partial charge >= 0.3 is 5.97 Å². The Morgan fingerprint density at radius 1 is 1.37 bits per heavy atom. The zero-order valence-corrected chi connectivity index (χ0v) is 11.7. The van der Waals surface area contributed by atoms with Crippen molar-refractivity contribution in [2.45, 2.75) is 25.7 Å². The number of hydrogen-bond acceptors (Lipinski definition) is 4. The third-order valence-electron chi connectivity index (χ3n) is 4.38. The van der Waals surface area contributed by atoms with Gasteiger partial charge in [0.1, 0.15) is 10.7 Å². The lowest BCUT2D eigenvalue weighted by Gasteiger charge is -2.34. The topological polar surface area (TPSA) is 42.4 Å². The molecular weight excluding hydrogens is 264 g/mol. The van der Waals surface area contributed by atoms with Crippen molar-refractivity contribution in [1.82, 2.24) is 4.98 Å². The lowest BCUT2D eigenvalue weighted by Crippen LogP contribution is -2.35. The summed E-state index contributed by atoms with van der Waals surface area (Å²) in [4.78, 5) is 18.0. The molecule has 2 aliphatic rings. The third-order valence-corrected chi connectivity index (χ3v) is 4.58. The molecule has 2 fully saturated rings. The van der Waals surface area contributed by atoms with Gasteiger partial charge in [-0.25, -0.2) is 9.78 Å². The number of aromatic nitrogens is 1. The lowest BCUT2D eigenvalue weighted by molar-refractivity contribution is 0.0601. The maximum Gasteiger partial charge on any atom is 0.341 e. The Hall–Kier alpha value is -1.29. The second kappa shape index (κ2) is 4.67. The molecule has 1 aliphatic heterocycles. The van der Waals surface area contributed by atoms with Crippen molar-refractivity contribution in [3.05, 3.63) is 23.0 Å². The van der Waals surface area contributed by atoms with E-state index in [1.54, 1.807) is 6.07 Å². The Morgan fingerprint density at radius 2 is 2.05 bits per heavy atom. The Kier molecular flexibility index (Phi) is 3.13. The van der Waals surface area contributed by atoms with Crippen molar-refractivity contribution >= 4 is 23.3 Å². The van der Waals surface area contributed by atoms with Crippen molar-refractivity contribution in [1.29, 1.82) is 0 Å². The van der Waals surface area contributed by atoms with E-state index in [-0.39, 0.29) is 5.97 Å². The summed E-state index contributed by atoms with van der Waals surface area (Å²) in [7, 11) is 1.39. The van der Waals surface area contributed by atoms with Crippen LogP contribution in [0.4, 0.5) is 5.69 Å². The first-order valence-corrected chi connectivity index (χ1v) is 7.00. The minimum absolute atomic E-state index is 0.356. The predicted octanol–water partition coefficient (Wildman–Crippen LogP) is 2.90. The fourth-order valence-corrected chi connectivity index (χ4v) is 3.00. The summed E-state index contributed by atoms with van der Waals surface area (Å²) >= 11 is 5.96. The zero-order valence-electron chi connectivity index (χ0n) is 11.0. The molecule has 3 rings (SSSR count). The van der Waals surface area contributed by atoms with Crippen LogP contribution in [0.2, 0.25) is 5.15 Å². The van der Waals surface area contributed by atoms with Gasteiger partial charge in [-0.05, 0) is 37.2 Å². The summed E-state index contributed by atoms with van der Waals surface area (Å²) in [6, 6.07) is 1.76.